The van der Waals surface area contributed by atoms with Crippen LogP contribution in [0.5, 0.6) is 0 Å². The average Bonchev–Trinajstić information content (AvgIpc) is 2.80. The highest BCUT2D eigenvalue weighted by atomic mass is 79.9. The van der Waals surface area contributed by atoms with Crippen LogP contribution in [0.3, 0.4) is 0 Å². The maximum atomic E-state index is 5.92. The van der Waals surface area contributed by atoms with Crippen LogP contribution >= 0.6 is 27.7 Å². The van der Waals surface area contributed by atoms with Crippen molar-refractivity contribution in [3.8, 4) is 11.5 Å². The summed E-state index contributed by atoms with van der Waals surface area (Å²) in [5.74, 6) is 3.69. The molecule has 0 amide bonds. The van der Waals surface area contributed by atoms with Gasteiger partial charge >= 0.3 is 0 Å². The quantitative estimate of drug-likeness (QED) is 0.833. The number of rotatable bonds is 5. The molecule has 2 aromatic rings. The Balaban J connectivity index is 2.10. The lowest BCUT2D eigenvalue weighted by Gasteiger charge is -2.01. The Morgan fingerprint density at radius 2 is 2.21 bits per heavy atom. The van der Waals surface area contributed by atoms with Crippen molar-refractivity contribution in [2.24, 2.45) is 5.92 Å². The maximum Gasteiger partial charge on any atom is 0.260 e. The molecular weight excluding hydrogens is 326 g/mol. The topological polar surface area (TPSA) is 64.9 Å². The van der Waals surface area contributed by atoms with E-state index in [0.29, 0.717) is 23.3 Å². The molecule has 6 heteroatoms. The number of hydrogen-bond donors (Lipinski definition) is 1. The van der Waals surface area contributed by atoms with Crippen LogP contribution in [-0.2, 0) is 5.75 Å². The number of anilines is 1. The fourth-order valence-electron chi connectivity index (χ4n) is 1.52. The Kier molecular flexibility index (Phi) is 4.87. The van der Waals surface area contributed by atoms with Crippen molar-refractivity contribution in [2.75, 3.05) is 11.5 Å². The third-order valence-electron chi connectivity index (χ3n) is 2.40. The standard InChI is InChI=1S/C13H16BrN3OS/c1-8(2)6-19-7-12-16-13(18-17-12)10-5-9(14)3-4-11(10)15/h3-5,8H,6-7,15H2,1-2H3. The second kappa shape index (κ2) is 6.43. The minimum atomic E-state index is 0.471. The van der Waals surface area contributed by atoms with Crippen LogP contribution in [0.1, 0.15) is 19.7 Å². The predicted octanol–water partition coefficient (Wildman–Crippen LogP) is 3.97. The van der Waals surface area contributed by atoms with E-state index in [1.54, 1.807) is 11.8 Å². The van der Waals surface area contributed by atoms with Gasteiger partial charge in [0, 0.05) is 10.2 Å². The molecule has 0 saturated heterocycles. The molecule has 0 bridgehead atoms. The lowest BCUT2D eigenvalue weighted by Crippen LogP contribution is -1.93. The normalized spacial score (nSPS) is 11.2. The van der Waals surface area contributed by atoms with Crippen molar-refractivity contribution in [3.63, 3.8) is 0 Å². The number of nitrogen functional groups attached to an aromatic ring is 1. The van der Waals surface area contributed by atoms with Crippen molar-refractivity contribution in [1.82, 2.24) is 10.1 Å². The summed E-state index contributed by atoms with van der Waals surface area (Å²) in [6, 6.07) is 5.58. The van der Waals surface area contributed by atoms with E-state index in [1.165, 1.54) is 0 Å². The first kappa shape index (κ1) is 14.4. The molecular formula is C13H16BrN3OS. The molecule has 0 atom stereocenters. The summed E-state index contributed by atoms with van der Waals surface area (Å²) in [6.07, 6.45) is 0. The van der Waals surface area contributed by atoms with E-state index in [9.17, 15) is 0 Å². The molecule has 2 rings (SSSR count). The molecule has 0 spiro atoms. The van der Waals surface area contributed by atoms with E-state index in [2.05, 4.69) is 39.9 Å². The summed E-state index contributed by atoms with van der Waals surface area (Å²) in [6.45, 7) is 4.38. The molecule has 102 valence electrons. The van der Waals surface area contributed by atoms with Crippen molar-refractivity contribution in [2.45, 2.75) is 19.6 Å². The van der Waals surface area contributed by atoms with Crippen molar-refractivity contribution in [1.29, 1.82) is 0 Å². The Labute approximate surface area is 125 Å². The first-order valence-corrected chi connectivity index (χ1v) is 7.96. The lowest BCUT2D eigenvalue weighted by atomic mass is 10.2. The molecule has 19 heavy (non-hydrogen) atoms. The molecule has 0 aliphatic rings. The molecule has 4 nitrogen and oxygen atoms in total. The largest absolute Gasteiger partial charge is 0.398 e. The zero-order valence-corrected chi connectivity index (χ0v) is 13.3. The van der Waals surface area contributed by atoms with Crippen LogP contribution in [0.15, 0.2) is 27.2 Å². The summed E-state index contributed by atoms with van der Waals surface area (Å²) in [4.78, 5) is 4.38. The monoisotopic (exact) mass is 341 g/mol. The number of nitrogens with two attached hydrogens (primary N) is 1. The van der Waals surface area contributed by atoms with Crippen LogP contribution in [0.25, 0.3) is 11.5 Å². The third-order valence-corrected chi connectivity index (χ3v) is 4.25. The van der Waals surface area contributed by atoms with Gasteiger partial charge in [0.25, 0.3) is 5.89 Å². The van der Waals surface area contributed by atoms with Gasteiger partial charge < -0.3 is 10.3 Å². The van der Waals surface area contributed by atoms with Gasteiger partial charge in [-0.1, -0.05) is 34.9 Å². The Bertz CT molecular complexity index is 557. The predicted molar refractivity (Wildman–Crippen MR) is 82.8 cm³/mol. The number of benzene rings is 1. The zero-order chi connectivity index (χ0) is 13.8. The molecule has 1 aromatic carbocycles. The van der Waals surface area contributed by atoms with Gasteiger partial charge in [-0.2, -0.15) is 16.7 Å². The molecule has 0 saturated carbocycles. The van der Waals surface area contributed by atoms with Crippen LogP contribution < -0.4 is 5.73 Å². The first-order valence-electron chi connectivity index (χ1n) is 6.02. The highest BCUT2D eigenvalue weighted by Gasteiger charge is 2.12. The van der Waals surface area contributed by atoms with Crippen LogP contribution in [0.4, 0.5) is 5.69 Å². The minimum absolute atomic E-state index is 0.471. The van der Waals surface area contributed by atoms with E-state index < -0.39 is 0 Å². The van der Waals surface area contributed by atoms with Crippen molar-refractivity contribution < 1.29 is 4.52 Å². The number of hydrogen-bond acceptors (Lipinski definition) is 5. The summed E-state index contributed by atoms with van der Waals surface area (Å²) in [5, 5.41) is 3.98. The van der Waals surface area contributed by atoms with Gasteiger partial charge in [-0.3, -0.25) is 0 Å². The molecule has 0 aliphatic heterocycles. The van der Waals surface area contributed by atoms with Crippen LogP contribution in [-0.4, -0.2) is 15.9 Å². The van der Waals surface area contributed by atoms with Gasteiger partial charge in [-0.05, 0) is 29.9 Å². The van der Waals surface area contributed by atoms with Crippen LogP contribution in [0, 0.1) is 5.92 Å². The number of thioether (sulfide) groups is 1. The van der Waals surface area contributed by atoms with E-state index >= 15 is 0 Å². The molecule has 1 aromatic heterocycles. The Hall–Kier alpha value is -1.01. The average molecular weight is 342 g/mol. The minimum Gasteiger partial charge on any atom is -0.398 e. The highest BCUT2D eigenvalue weighted by Crippen LogP contribution is 2.28. The second-order valence-corrected chi connectivity index (χ2v) is 6.60. The van der Waals surface area contributed by atoms with E-state index in [4.69, 9.17) is 10.3 Å². The number of nitrogens with zero attached hydrogens (tertiary/aromatic N) is 2. The van der Waals surface area contributed by atoms with Crippen LogP contribution in [0.2, 0.25) is 0 Å². The molecule has 0 aliphatic carbocycles. The van der Waals surface area contributed by atoms with Crippen molar-refractivity contribution in [3.05, 3.63) is 28.5 Å². The van der Waals surface area contributed by atoms with Gasteiger partial charge in [-0.15, -0.1) is 0 Å². The molecule has 2 N–H and O–H groups in total. The first-order chi connectivity index (χ1) is 9.06. The summed E-state index contributed by atoms with van der Waals surface area (Å²) < 4.78 is 6.20. The van der Waals surface area contributed by atoms with Gasteiger partial charge in [-0.25, -0.2) is 0 Å². The van der Waals surface area contributed by atoms with Gasteiger partial charge in [0.1, 0.15) is 0 Å². The maximum absolute atomic E-state index is 5.92. The Morgan fingerprint density at radius 1 is 1.42 bits per heavy atom. The molecule has 0 fully saturated rings. The van der Waals surface area contributed by atoms with Gasteiger partial charge in [0.2, 0.25) is 0 Å². The zero-order valence-electron chi connectivity index (χ0n) is 10.9. The summed E-state index contributed by atoms with van der Waals surface area (Å²) >= 11 is 5.21. The fourth-order valence-corrected chi connectivity index (χ4v) is 2.77. The highest BCUT2D eigenvalue weighted by molar-refractivity contribution is 9.10. The van der Waals surface area contributed by atoms with E-state index in [1.807, 2.05) is 18.2 Å². The fraction of sp³-hybridized carbons (Fsp3) is 0.385. The molecule has 0 unspecified atom stereocenters. The SMILES string of the molecule is CC(C)CSCc1noc(-c2cc(Br)ccc2N)n1. The van der Waals surface area contributed by atoms with Crippen molar-refractivity contribution >= 4 is 33.4 Å². The van der Waals surface area contributed by atoms with E-state index in [0.717, 1.165) is 21.5 Å². The number of halogens is 1. The summed E-state index contributed by atoms with van der Waals surface area (Å²) in [7, 11) is 0. The number of aromatic nitrogens is 2. The Morgan fingerprint density at radius 3 is 2.95 bits per heavy atom. The van der Waals surface area contributed by atoms with Gasteiger partial charge in [0.05, 0.1) is 11.3 Å². The lowest BCUT2D eigenvalue weighted by molar-refractivity contribution is 0.425. The van der Waals surface area contributed by atoms with E-state index in [-0.39, 0.29) is 0 Å². The van der Waals surface area contributed by atoms with Gasteiger partial charge in [0.15, 0.2) is 5.82 Å². The third kappa shape index (κ3) is 3.98. The second-order valence-electron chi connectivity index (χ2n) is 4.66. The summed E-state index contributed by atoms with van der Waals surface area (Å²) in [5.41, 5.74) is 7.32. The molecule has 1 heterocycles. The smallest absolute Gasteiger partial charge is 0.260 e. The molecule has 0 radical (unpaired) electrons.